The van der Waals surface area contributed by atoms with Crippen LogP contribution in [0.3, 0.4) is 0 Å². The summed E-state index contributed by atoms with van der Waals surface area (Å²) in [5.74, 6) is 0. The van der Waals surface area contributed by atoms with Crippen LogP contribution in [0.5, 0.6) is 0 Å². The summed E-state index contributed by atoms with van der Waals surface area (Å²) < 4.78 is 1.35. The van der Waals surface area contributed by atoms with Crippen LogP contribution in [0.25, 0.3) is 10.1 Å². The van der Waals surface area contributed by atoms with Crippen LogP contribution in [0, 0.1) is 0 Å². The second kappa shape index (κ2) is 6.10. The second-order valence-electron chi connectivity index (χ2n) is 5.24. The van der Waals surface area contributed by atoms with Crippen LogP contribution in [0.4, 0.5) is 5.69 Å². The number of hydrogen-bond donors (Lipinski definition) is 1. The molecule has 0 aliphatic carbocycles. The number of aryl methyl sites for hydroxylation is 1. The van der Waals surface area contributed by atoms with Crippen LogP contribution in [0.1, 0.15) is 18.9 Å². The minimum Gasteiger partial charge on any atom is -0.383 e. The summed E-state index contributed by atoms with van der Waals surface area (Å²) in [6.07, 6.45) is 2.27. The largest absolute Gasteiger partial charge is 0.383 e. The summed E-state index contributed by atoms with van der Waals surface area (Å²) in [5.41, 5.74) is 2.63. The molecular weight excluding hydrogens is 262 g/mol. The third-order valence-corrected chi connectivity index (χ3v) is 4.47. The van der Waals surface area contributed by atoms with Crippen molar-refractivity contribution in [1.82, 2.24) is 0 Å². The maximum Gasteiger partial charge on any atom is 0.0349 e. The fraction of sp³-hybridized carbons (Fsp3) is 0.222. The van der Waals surface area contributed by atoms with E-state index >= 15 is 0 Å². The lowest BCUT2D eigenvalue weighted by atomic mass is 10.1. The monoisotopic (exact) mass is 281 g/mol. The van der Waals surface area contributed by atoms with E-state index in [-0.39, 0.29) is 0 Å². The van der Waals surface area contributed by atoms with Gasteiger partial charge in [0.2, 0.25) is 0 Å². The standard InChI is InChI=1S/C18H19NS/c1-14(7-8-15-5-3-2-4-6-15)19-17-9-10-18-16(13-17)11-12-20-18/h2-6,9-14,19H,7-8H2,1H3. The van der Waals surface area contributed by atoms with E-state index in [9.17, 15) is 0 Å². The topological polar surface area (TPSA) is 12.0 Å². The highest BCUT2D eigenvalue weighted by molar-refractivity contribution is 7.17. The molecule has 0 saturated carbocycles. The molecule has 2 aromatic carbocycles. The zero-order valence-electron chi connectivity index (χ0n) is 11.7. The van der Waals surface area contributed by atoms with Gasteiger partial charge < -0.3 is 5.32 Å². The number of thiophene rings is 1. The van der Waals surface area contributed by atoms with E-state index in [1.807, 2.05) is 0 Å². The zero-order valence-corrected chi connectivity index (χ0v) is 12.5. The van der Waals surface area contributed by atoms with Crippen molar-refractivity contribution in [3.8, 4) is 0 Å². The van der Waals surface area contributed by atoms with Crippen molar-refractivity contribution < 1.29 is 0 Å². The molecule has 0 saturated heterocycles. The fourth-order valence-corrected chi connectivity index (χ4v) is 3.21. The Labute approximate surface area is 124 Å². The lowest BCUT2D eigenvalue weighted by Crippen LogP contribution is -2.15. The number of anilines is 1. The molecule has 102 valence electrons. The summed E-state index contributed by atoms with van der Waals surface area (Å²) in [7, 11) is 0. The molecule has 1 unspecified atom stereocenters. The number of benzene rings is 2. The summed E-state index contributed by atoms with van der Waals surface area (Å²) in [6.45, 7) is 2.25. The third-order valence-electron chi connectivity index (χ3n) is 3.57. The van der Waals surface area contributed by atoms with E-state index in [4.69, 9.17) is 0 Å². The molecule has 0 spiro atoms. The highest BCUT2D eigenvalue weighted by Crippen LogP contribution is 2.24. The third kappa shape index (κ3) is 3.20. The lowest BCUT2D eigenvalue weighted by Gasteiger charge is -2.15. The van der Waals surface area contributed by atoms with Crippen LogP contribution in [0.15, 0.2) is 60.0 Å². The van der Waals surface area contributed by atoms with Crippen LogP contribution < -0.4 is 5.32 Å². The molecule has 1 nitrogen and oxygen atoms in total. The van der Waals surface area contributed by atoms with Gasteiger partial charge >= 0.3 is 0 Å². The number of nitrogens with one attached hydrogen (secondary N) is 1. The summed E-state index contributed by atoms with van der Waals surface area (Å²) in [5, 5.41) is 7.07. The van der Waals surface area contributed by atoms with Crippen molar-refractivity contribution in [2.45, 2.75) is 25.8 Å². The molecule has 1 N–H and O–H groups in total. The molecule has 20 heavy (non-hydrogen) atoms. The Morgan fingerprint density at radius 3 is 2.75 bits per heavy atom. The molecule has 3 aromatic rings. The van der Waals surface area contributed by atoms with E-state index in [0.29, 0.717) is 6.04 Å². The van der Waals surface area contributed by atoms with Gasteiger partial charge in [-0.1, -0.05) is 30.3 Å². The summed E-state index contributed by atoms with van der Waals surface area (Å²) >= 11 is 1.79. The minimum atomic E-state index is 0.478. The van der Waals surface area contributed by atoms with Gasteiger partial charge in [0.05, 0.1) is 0 Å². The Balaban J connectivity index is 1.59. The number of fused-ring (bicyclic) bond motifs is 1. The second-order valence-corrected chi connectivity index (χ2v) is 6.19. The van der Waals surface area contributed by atoms with Gasteiger partial charge in [-0.3, -0.25) is 0 Å². The first-order valence-electron chi connectivity index (χ1n) is 7.09. The molecule has 0 radical (unpaired) electrons. The van der Waals surface area contributed by atoms with Crippen molar-refractivity contribution in [3.63, 3.8) is 0 Å². The maximum atomic E-state index is 3.60. The Hall–Kier alpha value is -1.80. The van der Waals surface area contributed by atoms with E-state index in [2.05, 4.69) is 72.2 Å². The summed E-state index contributed by atoms with van der Waals surface area (Å²) in [4.78, 5) is 0. The number of rotatable bonds is 5. The van der Waals surface area contributed by atoms with Crippen LogP contribution in [-0.4, -0.2) is 6.04 Å². The molecule has 1 atom stereocenters. The molecule has 1 aromatic heterocycles. The normalized spacial score (nSPS) is 12.4. The predicted octanol–water partition coefficient (Wildman–Crippen LogP) is 5.33. The van der Waals surface area contributed by atoms with E-state index in [0.717, 1.165) is 12.8 Å². The van der Waals surface area contributed by atoms with E-state index in [1.165, 1.54) is 21.3 Å². The van der Waals surface area contributed by atoms with Gasteiger partial charge in [-0.2, -0.15) is 0 Å². The lowest BCUT2D eigenvalue weighted by molar-refractivity contribution is 0.706. The van der Waals surface area contributed by atoms with Crippen LogP contribution in [0.2, 0.25) is 0 Å². The highest BCUT2D eigenvalue weighted by atomic mass is 32.1. The first-order chi connectivity index (χ1) is 9.81. The quantitative estimate of drug-likeness (QED) is 0.666. The van der Waals surface area contributed by atoms with Crippen LogP contribution >= 0.6 is 11.3 Å². The average Bonchev–Trinajstić information content (AvgIpc) is 2.94. The zero-order chi connectivity index (χ0) is 13.8. The minimum absolute atomic E-state index is 0.478. The van der Waals surface area contributed by atoms with Gasteiger partial charge in [0.1, 0.15) is 0 Å². The van der Waals surface area contributed by atoms with Gasteiger partial charge in [-0.25, -0.2) is 0 Å². The molecule has 0 aliphatic rings. The van der Waals surface area contributed by atoms with Crippen molar-refractivity contribution >= 4 is 27.1 Å². The maximum absolute atomic E-state index is 3.60. The Morgan fingerprint density at radius 1 is 1.05 bits per heavy atom. The van der Waals surface area contributed by atoms with E-state index < -0.39 is 0 Å². The van der Waals surface area contributed by atoms with Gasteiger partial charge in [0.25, 0.3) is 0 Å². The molecular formula is C18H19NS. The highest BCUT2D eigenvalue weighted by Gasteiger charge is 2.04. The van der Waals surface area contributed by atoms with Gasteiger partial charge in [0.15, 0.2) is 0 Å². The Bertz CT molecular complexity index is 672. The number of hydrogen-bond acceptors (Lipinski definition) is 2. The molecule has 0 amide bonds. The average molecular weight is 281 g/mol. The van der Waals surface area contributed by atoms with Crippen molar-refractivity contribution in [1.29, 1.82) is 0 Å². The predicted molar refractivity (Wildman–Crippen MR) is 89.7 cm³/mol. The summed E-state index contributed by atoms with van der Waals surface area (Å²) in [6, 6.07) is 20.0. The van der Waals surface area contributed by atoms with Crippen molar-refractivity contribution in [2.24, 2.45) is 0 Å². The van der Waals surface area contributed by atoms with Gasteiger partial charge in [-0.15, -0.1) is 11.3 Å². The van der Waals surface area contributed by atoms with E-state index in [1.54, 1.807) is 11.3 Å². The van der Waals surface area contributed by atoms with Crippen molar-refractivity contribution in [2.75, 3.05) is 5.32 Å². The fourth-order valence-electron chi connectivity index (χ4n) is 2.44. The smallest absolute Gasteiger partial charge is 0.0349 e. The first kappa shape index (κ1) is 13.2. The first-order valence-corrected chi connectivity index (χ1v) is 7.97. The molecule has 3 rings (SSSR count). The Morgan fingerprint density at radius 2 is 1.90 bits per heavy atom. The van der Waals surface area contributed by atoms with Crippen LogP contribution in [-0.2, 0) is 6.42 Å². The Kier molecular flexibility index (Phi) is 4.03. The SMILES string of the molecule is CC(CCc1ccccc1)Nc1ccc2sccc2c1. The molecule has 2 heteroatoms. The molecule has 0 fully saturated rings. The van der Waals surface area contributed by atoms with Crippen molar-refractivity contribution in [3.05, 3.63) is 65.5 Å². The molecule has 0 aliphatic heterocycles. The molecule has 0 bridgehead atoms. The van der Waals surface area contributed by atoms with Gasteiger partial charge in [-0.05, 0) is 60.4 Å². The van der Waals surface area contributed by atoms with Gasteiger partial charge in [0, 0.05) is 16.4 Å². The molecule has 1 heterocycles.